The van der Waals surface area contributed by atoms with Crippen molar-refractivity contribution in [3.8, 4) is 6.07 Å². The van der Waals surface area contributed by atoms with E-state index >= 15 is 0 Å². The van der Waals surface area contributed by atoms with Crippen molar-refractivity contribution in [1.29, 1.82) is 5.26 Å². The number of aromatic nitrogens is 2. The van der Waals surface area contributed by atoms with Gasteiger partial charge in [0.2, 0.25) is 0 Å². The number of hydrogen-bond acceptors (Lipinski definition) is 5. The minimum Gasteiger partial charge on any atom is -0.375 e. The Kier molecular flexibility index (Phi) is 5.28. The lowest BCUT2D eigenvalue weighted by Gasteiger charge is -2.36. The molecule has 0 atom stereocenters. The zero-order valence-electron chi connectivity index (χ0n) is 15.0. The normalized spacial score (nSPS) is 19.8. The first-order valence-corrected chi connectivity index (χ1v) is 9.13. The molecule has 3 rings (SSSR count). The predicted molar refractivity (Wildman–Crippen MR) is 94.8 cm³/mol. The van der Waals surface area contributed by atoms with Crippen LogP contribution in [-0.2, 0) is 18.8 Å². The van der Waals surface area contributed by atoms with Gasteiger partial charge in [-0.15, -0.1) is 0 Å². The monoisotopic (exact) mass is 346 g/mol. The molecule has 0 amide bonds. The first-order valence-electron chi connectivity index (χ1n) is 9.13. The van der Waals surface area contributed by atoms with Gasteiger partial charge in [0, 0.05) is 27.2 Å². The molecule has 7 nitrogen and oxygen atoms in total. The van der Waals surface area contributed by atoms with Crippen LogP contribution in [-0.4, -0.2) is 34.4 Å². The Bertz CT molecular complexity index is 775. The third-order valence-corrected chi connectivity index (χ3v) is 5.42. The number of anilines is 1. The fraction of sp³-hybridized carbons (Fsp3) is 0.722. The van der Waals surface area contributed by atoms with Gasteiger partial charge in [0.05, 0.1) is 12.2 Å². The quantitative estimate of drug-likeness (QED) is 0.823. The van der Waals surface area contributed by atoms with Gasteiger partial charge in [-0.1, -0.05) is 19.3 Å². The fourth-order valence-electron chi connectivity index (χ4n) is 3.98. The zero-order chi connectivity index (χ0) is 18.0. The average Bonchev–Trinajstić information content (AvgIpc) is 2.64. The van der Waals surface area contributed by atoms with Crippen molar-refractivity contribution in [1.82, 2.24) is 9.13 Å². The smallest absolute Gasteiger partial charge is 0.332 e. The van der Waals surface area contributed by atoms with E-state index in [0.29, 0.717) is 25.0 Å². The van der Waals surface area contributed by atoms with Gasteiger partial charge in [0.15, 0.2) is 5.56 Å². The van der Waals surface area contributed by atoms with Gasteiger partial charge < -0.3 is 9.64 Å². The van der Waals surface area contributed by atoms with Crippen molar-refractivity contribution >= 4 is 5.82 Å². The van der Waals surface area contributed by atoms with Crippen LogP contribution in [0.25, 0.3) is 0 Å². The van der Waals surface area contributed by atoms with Crippen LogP contribution >= 0.6 is 0 Å². The number of rotatable bonds is 3. The van der Waals surface area contributed by atoms with Crippen molar-refractivity contribution < 1.29 is 4.74 Å². The second kappa shape index (κ2) is 7.44. The maximum atomic E-state index is 12.2. The van der Waals surface area contributed by atoms with Crippen LogP contribution in [0.5, 0.6) is 0 Å². The van der Waals surface area contributed by atoms with Crippen molar-refractivity contribution in [2.45, 2.75) is 57.2 Å². The van der Waals surface area contributed by atoms with Gasteiger partial charge in [0.1, 0.15) is 11.9 Å². The summed E-state index contributed by atoms with van der Waals surface area (Å²) in [5.74, 6) is 0.437. The van der Waals surface area contributed by atoms with E-state index in [1.807, 2.05) is 11.0 Å². The molecule has 7 heteroatoms. The molecule has 0 spiro atoms. The summed E-state index contributed by atoms with van der Waals surface area (Å²) in [7, 11) is 3.02. The fourth-order valence-corrected chi connectivity index (χ4v) is 3.98. The topological polar surface area (TPSA) is 80.3 Å². The average molecular weight is 346 g/mol. The first kappa shape index (κ1) is 17.7. The number of nitrogens with zero attached hydrogens (tertiary/aromatic N) is 4. The molecule has 2 heterocycles. The van der Waals surface area contributed by atoms with E-state index in [-0.39, 0.29) is 11.7 Å². The Morgan fingerprint density at radius 2 is 1.56 bits per heavy atom. The number of piperidine rings is 1. The van der Waals surface area contributed by atoms with E-state index < -0.39 is 11.2 Å². The van der Waals surface area contributed by atoms with E-state index in [1.165, 1.54) is 30.9 Å². The Morgan fingerprint density at radius 1 is 0.960 bits per heavy atom. The molecular weight excluding hydrogens is 320 g/mol. The molecular formula is C18H26N4O3. The van der Waals surface area contributed by atoms with E-state index in [0.717, 1.165) is 30.3 Å². The van der Waals surface area contributed by atoms with E-state index in [9.17, 15) is 14.9 Å². The summed E-state index contributed by atoms with van der Waals surface area (Å²) in [6.07, 6.45) is 8.45. The summed E-state index contributed by atoms with van der Waals surface area (Å²) in [6.45, 7) is 1.37. The second-order valence-electron chi connectivity index (χ2n) is 7.10. The van der Waals surface area contributed by atoms with E-state index in [4.69, 9.17) is 4.74 Å². The van der Waals surface area contributed by atoms with Crippen LogP contribution in [0.15, 0.2) is 9.59 Å². The summed E-state index contributed by atoms with van der Waals surface area (Å²) in [5, 5.41) is 9.41. The molecule has 136 valence electrons. The standard InChI is InChI=1S/C18H26N4O3/c1-20-16(15(12-19)17(23)21(2)18(20)24)22-10-8-14(9-11-22)25-13-6-4-3-5-7-13/h13-14H,3-11H2,1-2H3. The van der Waals surface area contributed by atoms with Crippen LogP contribution in [0, 0.1) is 11.3 Å². The minimum atomic E-state index is -0.527. The largest absolute Gasteiger partial charge is 0.375 e. The maximum Gasteiger partial charge on any atom is 0.332 e. The summed E-state index contributed by atoms with van der Waals surface area (Å²) in [5.41, 5.74) is -0.892. The van der Waals surface area contributed by atoms with Crippen LogP contribution in [0.2, 0.25) is 0 Å². The van der Waals surface area contributed by atoms with Crippen molar-refractivity contribution in [2.24, 2.45) is 14.1 Å². The second-order valence-corrected chi connectivity index (χ2v) is 7.10. The molecule has 2 aliphatic rings. The molecule has 0 N–H and O–H groups in total. The summed E-state index contributed by atoms with van der Waals surface area (Å²) >= 11 is 0. The Morgan fingerprint density at radius 3 is 2.16 bits per heavy atom. The number of nitriles is 1. The number of ether oxygens (including phenoxy) is 1. The van der Waals surface area contributed by atoms with Crippen LogP contribution in [0.1, 0.15) is 50.5 Å². The molecule has 1 aliphatic carbocycles. The number of hydrogen-bond donors (Lipinski definition) is 0. The Hall–Kier alpha value is -2.07. The highest BCUT2D eigenvalue weighted by atomic mass is 16.5. The molecule has 0 radical (unpaired) electrons. The van der Waals surface area contributed by atoms with E-state index in [2.05, 4.69) is 0 Å². The lowest BCUT2D eigenvalue weighted by atomic mass is 9.97. The molecule has 1 saturated carbocycles. The molecule has 1 aromatic heterocycles. The third kappa shape index (κ3) is 3.49. The summed E-state index contributed by atoms with van der Waals surface area (Å²) < 4.78 is 8.64. The van der Waals surface area contributed by atoms with Gasteiger partial charge in [-0.3, -0.25) is 13.9 Å². The maximum absolute atomic E-state index is 12.2. The zero-order valence-corrected chi connectivity index (χ0v) is 15.0. The minimum absolute atomic E-state index is 0.0382. The van der Waals surface area contributed by atoms with Gasteiger partial charge in [-0.25, -0.2) is 4.79 Å². The molecule has 0 unspecified atom stereocenters. The highest BCUT2D eigenvalue weighted by Crippen LogP contribution is 2.26. The van der Waals surface area contributed by atoms with Crippen LogP contribution in [0.3, 0.4) is 0 Å². The third-order valence-electron chi connectivity index (χ3n) is 5.42. The Labute approximate surface area is 147 Å². The first-order chi connectivity index (χ1) is 12.0. The van der Waals surface area contributed by atoms with Crippen molar-refractivity contribution in [3.63, 3.8) is 0 Å². The highest BCUT2D eigenvalue weighted by molar-refractivity contribution is 5.53. The SMILES string of the molecule is Cn1c(N2CCC(OC3CCCCC3)CC2)c(C#N)c(=O)n(C)c1=O. The van der Waals surface area contributed by atoms with Gasteiger partial charge in [0.25, 0.3) is 5.56 Å². The predicted octanol–water partition coefficient (Wildman–Crippen LogP) is 1.27. The van der Waals surface area contributed by atoms with Gasteiger partial charge in [-0.2, -0.15) is 5.26 Å². The summed E-state index contributed by atoms with van der Waals surface area (Å²) in [4.78, 5) is 26.4. The molecule has 2 fully saturated rings. The lowest BCUT2D eigenvalue weighted by Crippen LogP contribution is -2.46. The Balaban J connectivity index is 1.74. The van der Waals surface area contributed by atoms with Crippen molar-refractivity contribution in [2.75, 3.05) is 18.0 Å². The molecule has 1 aromatic rings. The molecule has 25 heavy (non-hydrogen) atoms. The molecule has 0 bridgehead atoms. The summed E-state index contributed by atoms with van der Waals surface area (Å²) in [6, 6.07) is 1.98. The van der Waals surface area contributed by atoms with Crippen LogP contribution < -0.4 is 16.1 Å². The molecule has 1 aliphatic heterocycles. The lowest BCUT2D eigenvalue weighted by molar-refractivity contribution is -0.0396. The highest BCUT2D eigenvalue weighted by Gasteiger charge is 2.27. The van der Waals surface area contributed by atoms with Gasteiger partial charge in [-0.05, 0) is 25.7 Å². The van der Waals surface area contributed by atoms with Crippen LogP contribution in [0.4, 0.5) is 5.82 Å². The van der Waals surface area contributed by atoms with Crippen molar-refractivity contribution in [3.05, 3.63) is 26.4 Å². The van der Waals surface area contributed by atoms with E-state index in [1.54, 1.807) is 7.05 Å². The molecule has 1 saturated heterocycles. The molecule has 0 aromatic carbocycles. The van der Waals surface area contributed by atoms with Gasteiger partial charge >= 0.3 is 5.69 Å².